The van der Waals surface area contributed by atoms with Crippen LogP contribution in [0.25, 0.3) is 27.8 Å². The van der Waals surface area contributed by atoms with Gasteiger partial charge in [-0.15, -0.1) is 0 Å². The first-order valence-corrected chi connectivity index (χ1v) is 9.56. The Hall–Kier alpha value is -4.46. The summed E-state index contributed by atoms with van der Waals surface area (Å²) in [5.41, 5.74) is 3.94. The number of nitrogens with zero attached hydrogens (tertiary/aromatic N) is 3. The largest absolute Gasteiger partial charge is 0.426 e. The van der Waals surface area contributed by atoms with Crippen LogP contribution in [0.2, 0.25) is 0 Å². The van der Waals surface area contributed by atoms with Gasteiger partial charge in [-0.2, -0.15) is 0 Å². The standard InChI is InChI=1S/C23H16N4O4/c28-23(11-16-12-24-20-4-2-1-3-19(16)20)31-18-8-5-15(6-9-18)21-14-26-13-17(27(29)30)7-10-22(26)25-21/h1-10,12-14,24H,11H2. The fourth-order valence-corrected chi connectivity index (χ4v) is 3.52. The lowest BCUT2D eigenvalue weighted by molar-refractivity contribution is -0.385. The van der Waals surface area contributed by atoms with Gasteiger partial charge in [-0.1, -0.05) is 18.2 Å². The summed E-state index contributed by atoms with van der Waals surface area (Å²) in [6.07, 6.45) is 5.13. The Kier molecular flexibility index (Phi) is 4.44. The summed E-state index contributed by atoms with van der Waals surface area (Å²) < 4.78 is 7.09. The number of rotatable bonds is 5. The molecule has 0 unspecified atom stereocenters. The van der Waals surface area contributed by atoms with Gasteiger partial charge in [0.1, 0.15) is 11.4 Å². The van der Waals surface area contributed by atoms with Crippen LogP contribution in [-0.2, 0) is 11.2 Å². The molecule has 1 N–H and O–H groups in total. The first kappa shape index (κ1) is 18.6. The summed E-state index contributed by atoms with van der Waals surface area (Å²) in [6, 6.07) is 17.8. The zero-order chi connectivity index (χ0) is 21.4. The number of esters is 1. The summed E-state index contributed by atoms with van der Waals surface area (Å²) in [5, 5.41) is 11.9. The Morgan fingerprint density at radius 3 is 2.68 bits per heavy atom. The highest BCUT2D eigenvalue weighted by molar-refractivity contribution is 5.87. The van der Waals surface area contributed by atoms with Crippen LogP contribution in [0.1, 0.15) is 5.56 Å². The van der Waals surface area contributed by atoms with Gasteiger partial charge in [-0.05, 0) is 42.0 Å². The number of pyridine rings is 1. The van der Waals surface area contributed by atoms with Gasteiger partial charge in [0.2, 0.25) is 0 Å². The molecule has 0 fully saturated rings. The van der Waals surface area contributed by atoms with E-state index in [0.29, 0.717) is 17.1 Å². The van der Waals surface area contributed by atoms with Gasteiger partial charge in [0, 0.05) is 34.9 Å². The van der Waals surface area contributed by atoms with Crippen LogP contribution in [0.4, 0.5) is 5.69 Å². The third-order valence-corrected chi connectivity index (χ3v) is 5.04. The Bertz CT molecular complexity index is 1430. The maximum absolute atomic E-state index is 12.4. The molecule has 3 heterocycles. The van der Waals surface area contributed by atoms with Gasteiger partial charge < -0.3 is 9.72 Å². The molecule has 8 heteroatoms. The molecular formula is C23H16N4O4. The number of hydrogen-bond donors (Lipinski definition) is 1. The zero-order valence-corrected chi connectivity index (χ0v) is 16.2. The number of para-hydroxylation sites is 1. The Morgan fingerprint density at radius 2 is 1.87 bits per heavy atom. The van der Waals surface area contributed by atoms with Crippen molar-refractivity contribution < 1.29 is 14.5 Å². The lowest BCUT2D eigenvalue weighted by Gasteiger charge is -2.05. The van der Waals surface area contributed by atoms with Crippen molar-refractivity contribution in [1.82, 2.24) is 14.4 Å². The maximum Gasteiger partial charge on any atom is 0.315 e. The topological polar surface area (TPSA) is 103 Å². The highest BCUT2D eigenvalue weighted by Crippen LogP contribution is 2.24. The lowest BCUT2D eigenvalue weighted by atomic mass is 10.1. The molecule has 5 rings (SSSR count). The van der Waals surface area contributed by atoms with E-state index in [-0.39, 0.29) is 18.1 Å². The molecule has 0 aliphatic carbocycles. The molecule has 0 radical (unpaired) electrons. The van der Waals surface area contributed by atoms with Crippen LogP contribution >= 0.6 is 0 Å². The number of imidazole rings is 1. The van der Waals surface area contributed by atoms with Crippen LogP contribution in [0.3, 0.4) is 0 Å². The molecule has 0 saturated carbocycles. The number of aromatic amines is 1. The monoisotopic (exact) mass is 412 g/mol. The molecule has 5 aromatic rings. The summed E-state index contributed by atoms with van der Waals surface area (Å²) >= 11 is 0. The van der Waals surface area contributed by atoms with Crippen LogP contribution in [0.5, 0.6) is 5.75 Å². The van der Waals surface area contributed by atoms with Crippen molar-refractivity contribution in [2.24, 2.45) is 0 Å². The van der Waals surface area contributed by atoms with Gasteiger partial charge in [0.25, 0.3) is 5.69 Å². The second-order valence-corrected chi connectivity index (χ2v) is 7.07. The molecular weight excluding hydrogens is 396 g/mol. The van der Waals surface area contributed by atoms with Crippen molar-refractivity contribution in [2.45, 2.75) is 6.42 Å². The third kappa shape index (κ3) is 3.62. The number of nitrogens with one attached hydrogen (secondary N) is 1. The fraction of sp³-hybridized carbons (Fsp3) is 0.0435. The van der Waals surface area contributed by atoms with Crippen molar-refractivity contribution in [3.8, 4) is 17.0 Å². The number of hydrogen-bond acceptors (Lipinski definition) is 5. The SMILES string of the molecule is O=C(Cc1c[nH]c2ccccc12)Oc1ccc(-c2cn3cc([N+](=O)[O-])ccc3n2)cc1. The molecule has 0 saturated heterocycles. The van der Waals surface area contributed by atoms with Crippen LogP contribution < -0.4 is 4.74 Å². The first-order valence-electron chi connectivity index (χ1n) is 9.56. The number of ether oxygens (including phenoxy) is 1. The summed E-state index contributed by atoms with van der Waals surface area (Å²) in [7, 11) is 0. The molecule has 8 nitrogen and oxygen atoms in total. The summed E-state index contributed by atoms with van der Waals surface area (Å²) in [4.78, 5) is 30.5. The number of nitro groups is 1. The first-order chi connectivity index (χ1) is 15.1. The second kappa shape index (κ2) is 7.42. The summed E-state index contributed by atoms with van der Waals surface area (Å²) in [5.74, 6) is 0.0885. The van der Waals surface area contributed by atoms with E-state index in [1.54, 1.807) is 40.9 Å². The second-order valence-electron chi connectivity index (χ2n) is 7.07. The Labute approximate surface area is 175 Å². The van der Waals surface area contributed by atoms with Crippen molar-refractivity contribution in [1.29, 1.82) is 0 Å². The van der Waals surface area contributed by atoms with E-state index < -0.39 is 4.92 Å². The smallest absolute Gasteiger partial charge is 0.315 e. The van der Waals surface area contributed by atoms with Gasteiger partial charge in [0.15, 0.2) is 0 Å². The molecule has 0 aliphatic rings. The van der Waals surface area contributed by atoms with Crippen LogP contribution in [0, 0.1) is 10.1 Å². The quantitative estimate of drug-likeness (QED) is 0.198. The predicted molar refractivity (Wildman–Crippen MR) is 115 cm³/mol. The number of fused-ring (bicyclic) bond motifs is 2. The highest BCUT2D eigenvalue weighted by atomic mass is 16.6. The minimum absolute atomic E-state index is 0.00564. The minimum Gasteiger partial charge on any atom is -0.426 e. The van der Waals surface area contributed by atoms with Gasteiger partial charge in [-0.3, -0.25) is 19.3 Å². The predicted octanol–water partition coefficient (Wildman–Crippen LogP) is 4.54. The van der Waals surface area contributed by atoms with Crippen molar-refractivity contribution in [2.75, 3.05) is 0 Å². The molecule has 3 aromatic heterocycles. The number of carbonyl (C=O) groups excluding carboxylic acids is 1. The molecule has 0 aliphatic heterocycles. The molecule has 31 heavy (non-hydrogen) atoms. The normalized spacial score (nSPS) is 11.1. The number of benzene rings is 2. The zero-order valence-electron chi connectivity index (χ0n) is 16.2. The number of aromatic nitrogens is 3. The van der Waals surface area contributed by atoms with Crippen molar-refractivity contribution in [3.05, 3.63) is 94.9 Å². The van der Waals surface area contributed by atoms with Gasteiger partial charge >= 0.3 is 5.97 Å². The fourth-order valence-electron chi connectivity index (χ4n) is 3.52. The van der Waals surface area contributed by atoms with Crippen molar-refractivity contribution in [3.63, 3.8) is 0 Å². The molecule has 0 amide bonds. The molecule has 0 bridgehead atoms. The van der Waals surface area contributed by atoms with E-state index in [2.05, 4.69) is 9.97 Å². The average Bonchev–Trinajstić information content (AvgIpc) is 3.38. The summed E-state index contributed by atoms with van der Waals surface area (Å²) in [6.45, 7) is 0. The molecule has 0 spiro atoms. The Morgan fingerprint density at radius 1 is 1.06 bits per heavy atom. The van der Waals surface area contributed by atoms with Gasteiger partial charge in [-0.25, -0.2) is 4.98 Å². The third-order valence-electron chi connectivity index (χ3n) is 5.04. The van der Waals surface area contributed by atoms with E-state index in [0.717, 1.165) is 22.0 Å². The van der Waals surface area contributed by atoms with E-state index in [1.807, 2.05) is 30.5 Å². The number of carbonyl (C=O) groups is 1. The number of H-pyrrole nitrogens is 1. The van der Waals surface area contributed by atoms with Crippen LogP contribution in [0.15, 0.2) is 79.3 Å². The molecule has 0 atom stereocenters. The molecule has 2 aromatic carbocycles. The molecule has 152 valence electrons. The van der Waals surface area contributed by atoms with Gasteiger partial charge in [0.05, 0.1) is 23.2 Å². The highest BCUT2D eigenvalue weighted by Gasteiger charge is 2.12. The van der Waals surface area contributed by atoms with E-state index >= 15 is 0 Å². The average molecular weight is 412 g/mol. The Balaban J connectivity index is 1.31. The maximum atomic E-state index is 12.4. The minimum atomic E-state index is -0.446. The van der Waals surface area contributed by atoms with Crippen molar-refractivity contribution >= 4 is 28.2 Å². The van der Waals surface area contributed by atoms with E-state index in [4.69, 9.17) is 4.74 Å². The van der Waals surface area contributed by atoms with E-state index in [9.17, 15) is 14.9 Å². The van der Waals surface area contributed by atoms with Crippen LogP contribution in [-0.4, -0.2) is 25.3 Å². The lowest BCUT2D eigenvalue weighted by Crippen LogP contribution is -2.10. The van der Waals surface area contributed by atoms with E-state index in [1.165, 1.54) is 12.3 Å².